The van der Waals surface area contributed by atoms with Gasteiger partial charge in [-0.1, -0.05) is 18.2 Å². The minimum Gasteiger partial charge on any atom is -0.380 e. The van der Waals surface area contributed by atoms with Gasteiger partial charge >= 0.3 is 0 Å². The maximum atomic E-state index is 12.6. The Labute approximate surface area is 142 Å². The summed E-state index contributed by atoms with van der Waals surface area (Å²) in [6, 6.07) is 11.7. The van der Waals surface area contributed by atoms with Crippen molar-refractivity contribution < 1.29 is 9.53 Å². The number of carbonyl (C=O) groups excluding carboxylic acids is 1. The topological polar surface area (TPSA) is 45.7 Å². The maximum absolute atomic E-state index is 12.6. The van der Waals surface area contributed by atoms with Crippen LogP contribution in [0, 0.1) is 0 Å². The van der Waals surface area contributed by atoms with Crippen molar-refractivity contribution in [3.63, 3.8) is 0 Å². The van der Waals surface area contributed by atoms with Crippen LogP contribution in [0.1, 0.15) is 21.5 Å². The lowest BCUT2D eigenvalue weighted by molar-refractivity contribution is 0.0628. The summed E-state index contributed by atoms with van der Waals surface area (Å²) in [6.07, 6.45) is 3.69. The molecule has 24 heavy (non-hydrogen) atoms. The van der Waals surface area contributed by atoms with Crippen molar-refractivity contribution in [1.29, 1.82) is 0 Å². The molecule has 0 unspecified atom stereocenters. The molecule has 126 valence electrons. The third kappa shape index (κ3) is 4.19. The minimum absolute atomic E-state index is 0.111. The number of carbonyl (C=O) groups is 1. The molecule has 3 rings (SSSR count). The highest BCUT2D eigenvalue weighted by Crippen LogP contribution is 2.12. The molecule has 0 aliphatic carbocycles. The van der Waals surface area contributed by atoms with Gasteiger partial charge in [-0.05, 0) is 29.3 Å². The summed E-state index contributed by atoms with van der Waals surface area (Å²) < 4.78 is 5.10. The van der Waals surface area contributed by atoms with Gasteiger partial charge in [-0.25, -0.2) is 0 Å². The maximum Gasteiger partial charge on any atom is 0.253 e. The molecular weight excluding hydrogens is 302 g/mol. The third-order valence-electron chi connectivity index (χ3n) is 4.30. The van der Waals surface area contributed by atoms with E-state index < -0.39 is 0 Å². The monoisotopic (exact) mass is 325 g/mol. The highest BCUT2D eigenvalue weighted by molar-refractivity contribution is 5.94. The molecule has 1 aliphatic heterocycles. The predicted octanol–water partition coefficient (Wildman–Crippen LogP) is 2.19. The normalized spacial score (nSPS) is 15.5. The number of methoxy groups -OCH3 is 1. The molecule has 1 aromatic heterocycles. The van der Waals surface area contributed by atoms with E-state index >= 15 is 0 Å². The molecule has 5 heteroatoms. The molecule has 2 heterocycles. The summed E-state index contributed by atoms with van der Waals surface area (Å²) in [5, 5.41) is 0. The Balaban J connectivity index is 1.53. The largest absolute Gasteiger partial charge is 0.380 e. The minimum atomic E-state index is 0.111. The average molecular weight is 325 g/mol. The first-order chi connectivity index (χ1) is 11.8. The van der Waals surface area contributed by atoms with E-state index in [1.54, 1.807) is 13.3 Å². The van der Waals surface area contributed by atoms with Crippen LogP contribution in [-0.2, 0) is 17.9 Å². The average Bonchev–Trinajstić information content (AvgIpc) is 2.64. The Bertz CT molecular complexity index is 650. The van der Waals surface area contributed by atoms with E-state index in [1.807, 2.05) is 41.4 Å². The molecule has 0 atom stereocenters. The molecule has 0 spiro atoms. The fourth-order valence-electron chi connectivity index (χ4n) is 2.95. The van der Waals surface area contributed by atoms with Crippen molar-refractivity contribution in [3.05, 3.63) is 65.5 Å². The Morgan fingerprint density at radius 3 is 2.46 bits per heavy atom. The van der Waals surface area contributed by atoms with Crippen LogP contribution in [0.25, 0.3) is 0 Å². The number of piperazine rings is 1. The first-order valence-electron chi connectivity index (χ1n) is 8.24. The number of pyridine rings is 1. The van der Waals surface area contributed by atoms with Gasteiger partial charge in [-0.15, -0.1) is 0 Å². The second-order valence-electron chi connectivity index (χ2n) is 6.06. The van der Waals surface area contributed by atoms with Crippen LogP contribution < -0.4 is 0 Å². The molecule has 0 bridgehead atoms. The van der Waals surface area contributed by atoms with Gasteiger partial charge in [0.25, 0.3) is 5.91 Å². The van der Waals surface area contributed by atoms with Gasteiger partial charge < -0.3 is 9.64 Å². The van der Waals surface area contributed by atoms with E-state index in [-0.39, 0.29) is 5.91 Å². The number of benzene rings is 1. The van der Waals surface area contributed by atoms with Crippen LogP contribution >= 0.6 is 0 Å². The quantitative estimate of drug-likeness (QED) is 0.845. The SMILES string of the molecule is COCc1ccc(C(=O)N2CCN(Cc3cccnc3)CC2)cc1. The molecule has 2 aromatic rings. The molecule has 1 saturated heterocycles. The highest BCUT2D eigenvalue weighted by atomic mass is 16.5. The molecule has 1 amide bonds. The first-order valence-corrected chi connectivity index (χ1v) is 8.24. The van der Waals surface area contributed by atoms with E-state index in [0.29, 0.717) is 6.61 Å². The van der Waals surface area contributed by atoms with Crippen molar-refractivity contribution in [1.82, 2.24) is 14.8 Å². The van der Waals surface area contributed by atoms with Crippen LogP contribution in [0.4, 0.5) is 0 Å². The third-order valence-corrected chi connectivity index (χ3v) is 4.30. The van der Waals surface area contributed by atoms with Crippen molar-refractivity contribution in [3.8, 4) is 0 Å². The van der Waals surface area contributed by atoms with Crippen molar-refractivity contribution in [2.24, 2.45) is 0 Å². The van der Waals surface area contributed by atoms with Gasteiger partial charge in [0.1, 0.15) is 0 Å². The summed E-state index contributed by atoms with van der Waals surface area (Å²) in [7, 11) is 1.67. The number of hydrogen-bond donors (Lipinski definition) is 0. The number of nitrogens with zero attached hydrogens (tertiary/aromatic N) is 3. The molecule has 0 radical (unpaired) electrons. The number of rotatable bonds is 5. The summed E-state index contributed by atoms with van der Waals surface area (Å²) in [6.45, 7) is 4.77. The van der Waals surface area contributed by atoms with E-state index in [9.17, 15) is 4.79 Å². The smallest absolute Gasteiger partial charge is 0.253 e. The zero-order chi connectivity index (χ0) is 16.8. The zero-order valence-corrected chi connectivity index (χ0v) is 14.0. The lowest BCUT2D eigenvalue weighted by Gasteiger charge is -2.34. The van der Waals surface area contributed by atoms with Gasteiger partial charge in [-0.2, -0.15) is 0 Å². The fourth-order valence-corrected chi connectivity index (χ4v) is 2.95. The van der Waals surface area contributed by atoms with Crippen molar-refractivity contribution in [2.45, 2.75) is 13.2 Å². The molecule has 5 nitrogen and oxygen atoms in total. The van der Waals surface area contributed by atoms with Gasteiger partial charge in [0, 0.05) is 57.8 Å². The van der Waals surface area contributed by atoms with E-state index in [4.69, 9.17) is 4.74 Å². The Kier molecular flexibility index (Phi) is 5.56. The molecule has 0 saturated carbocycles. The van der Waals surface area contributed by atoms with Crippen LogP contribution in [0.3, 0.4) is 0 Å². The van der Waals surface area contributed by atoms with Gasteiger partial charge in [0.2, 0.25) is 0 Å². The number of hydrogen-bond acceptors (Lipinski definition) is 4. The number of amides is 1. The van der Waals surface area contributed by atoms with Crippen LogP contribution in [0.15, 0.2) is 48.8 Å². The summed E-state index contributed by atoms with van der Waals surface area (Å²) in [4.78, 5) is 21.1. The van der Waals surface area contributed by atoms with Crippen LogP contribution in [0.2, 0.25) is 0 Å². The molecule has 1 aliphatic rings. The number of aromatic nitrogens is 1. The summed E-state index contributed by atoms with van der Waals surface area (Å²) >= 11 is 0. The lowest BCUT2D eigenvalue weighted by atomic mass is 10.1. The Morgan fingerprint density at radius 1 is 1.08 bits per heavy atom. The Morgan fingerprint density at radius 2 is 1.83 bits per heavy atom. The first kappa shape index (κ1) is 16.6. The molecular formula is C19H23N3O2. The van der Waals surface area contributed by atoms with E-state index in [2.05, 4.69) is 16.0 Å². The zero-order valence-electron chi connectivity index (χ0n) is 14.0. The highest BCUT2D eigenvalue weighted by Gasteiger charge is 2.22. The molecule has 1 fully saturated rings. The van der Waals surface area contributed by atoms with Crippen LogP contribution in [0.5, 0.6) is 0 Å². The number of ether oxygens (including phenoxy) is 1. The second-order valence-corrected chi connectivity index (χ2v) is 6.06. The summed E-state index contributed by atoms with van der Waals surface area (Å²) in [5.74, 6) is 0.111. The van der Waals surface area contributed by atoms with Crippen molar-refractivity contribution in [2.75, 3.05) is 33.3 Å². The van der Waals surface area contributed by atoms with Gasteiger partial charge in [-0.3, -0.25) is 14.7 Å². The summed E-state index contributed by atoms with van der Waals surface area (Å²) in [5.41, 5.74) is 3.04. The van der Waals surface area contributed by atoms with Gasteiger partial charge in [0.05, 0.1) is 6.61 Å². The fraction of sp³-hybridized carbons (Fsp3) is 0.368. The predicted molar refractivity (Wildman–Crippen MR) is 92.6 cm³/mol. The molecule has 1 aromatic carbocycles. The molecule has 0 N–H and O–H groups in total. The van der Waals surface area contributed by atoms with Crippen molar-refractivity contribution >= 4 is 5.91 Å². The lowest BCUT2D eigenvalue weighted by Crippen LogP contribution is -2.48. The standard InChI is InChI=1S/C19H23N3O2/c1-24-15-16-4-6-18(7-5-16)19(23)22-11-9-21(10-12-22)14-17-3-2-8-20-13-17/h2-8,13H,9-12,14-15H2,1H3. The van der Waals surface area contributed by atoms with E-state index in [1.165, 1.54) is 5.56 Å². The van der Waals surface area contributed by atoms with E-state index in [0.717, 1.165) is 43.9 Å². The van der Waals surface area contributed by atoms with Crippen LogP contribution in [-0.4, -0.2) is 54.0 Å². The Hall–Kier alpha value is -2.24. The van der Waals surface area contributed by atoms with Gasteiger partial charge in [0.15, 0.2) is 0 Å². The second kappa shape index (κ2) is 8.04.